The molecule has 2 aromatic rings. The maximum absolute atomic E-state index is 10.9. The molecule has 0 radical (unpaired) electrons. The predicted octanol–water partition coefficient (Wildman–Crippen LogP) is 3.35. The van der Waals surface area contributed by atoms with Gasteiger partial charge in [-0.1, -0.05) is 23.7 Å². The Balaban J connectivity index is 1.47. The molecular formula is C20H23ClN4O2. The molecule has 1 aromatic heterocycles. The third kappa shape index (κ3) is 5.77. The molecule has 2 N–H and O–H groups in total. The number of likely N-dealkylation sites (tertiary alicyclic amines) is 1. The Morgan fingerprint density at radius 2 is 2.11 bits per heavy atom. The Labute approximate surface area is 163 Å². The lowest BCUT2D eigenvalue weighted by molar-refractivity contribution is -0.132. The van der Waals surface area contributed by atoms with Gasteiger partial charge >= 0.3 is 5.97 Å². The van der Waals surface area contributed by atoms with Gasteiger partial charge in [0.1, 0.15) is 5.82 Å². The zero-order chi connectivity index (χ0) is 19.2. The lowest BCUT2D eigenvalue weighted by atomic mass is 10.1. The van der Waals surface area contributed by atoms with Crippen LogP contribution in [0.5, 0.6) is 0 Å². The minimum absolute atomic E-state index is 0.233. The molecule has 7 heteroatoms. The Hall–Kier alpha value is -2.44. The second kappa shape index (κ2) is 8.97. The number of aromatic nitrogens is 2. The number of halogens is 1. The minimum Gasteiger partial charge on any atom is -0.478 e. The van der Waals surface area contributed by atoms with Crippen LogP contribution in [-0.4, -0.2) is 51.6 Å². The fourth-order valence-corrected chi connectivity index (χ4v) is 3.20. The third-order valence-corrected chi connectivity index (χ3v) is 4.88. The smallest absolute Gasteiger partial charge is 0.331 e. The second-order valence-electron chi connectivity index (χ2n) is 6.77. The van der Waals surface area contributed by atoms with Crippen LogP contribution in [0.25, 0.3) is 6.08 Å². The zero-order valence-electron chi connectivity index (χ0n) is 15.2. The van der Waals surface area contributed by atoms with Crippen molar-refractivity contribution in [1.29, 1.82) is 0 Å². The van der Waals surface area contributed by atoms with E-state index in [1.807, 2.05) is 12.1 Å². The van der Waals surface area contributed by atoms with Crippen LogP contribution in [0.2, 0.25) is 5.02 Å². The number of carboxylic acids is 1. The highest BCUT2D eigenvalue weighted by atomic mass is 35.5. The number of anilines is 1. The molecule has 1 aliphatic rings. The summed E-state index contributed by atoms with van der Waals surface area (Å²) in [5, 5.41) is 13.1. The van der Waals surface area contributed by atoms with Crippen molar-refractivity contribution in [1.82, 2.24) is 14.9 Å². The SMILES string of the molecule is CC(=Cc1cnc(N[C@@H]2CCN(CCc3ccc(Cl)cc3)C2)cn1)C(=O)O. The summed E-state index contributed by atoms with van der Waals surface area (Å²) in [4.78, 5) is 21.9. The standard InChI is InChI=1S/C20H23ClN4O2/c1-14(20(26)27)10-18-11-23-19(12-22-18)24-17-7-9-25(13-17)8-6-15-2-4-16(21)5-3-15/h2-5,10-12,17H,6-9,13H2,1H3,(H,23,24)(H,26,27)/t17-/m1/s1. The van der Waals surface area contributed by atoms with Crippen LogP contribution in [0.4, 0.5) is 5.82 Å². The number of nitrogens with one attached hydrogen (secondary N) is 1. The summed E-state index contributed by atoms with van der Waals surface area (Å²) >= 11 is 5.92. The van der Waals surface area contributed by atoms with Gasteiger partial charge in [-0.05, 0) is 43.5 Å². The van der Waals surface area contributed by atoms with E-state index >= 15 is 0 Å². The van der Waals surface area contributed by atoms with Crippen molar-refractivity contribution in [3.63, 3.8) is 0 Å². The van der Waals surface area contributed by atoms with E-state index in [2.05, 4.69) is 32.3 Å². The summed E-state index contributed by atoms with van der Waals surface area (Å²) in [7, 11) is 0. The fourth-order valence-electron chi connectivity index (χ4n) is 3.07. The molecule has 1 aromatic carbocycles. The van der Waals surface area contributed by atoms with Crippen molar-refractivity contribution in [3.05, 3.63) is 58.5 Å². The minimum atomic E-state index is -0.955. The van der Waals surface area contributed by atoms with E-state index in [9.17, 15) is 4.79 Å². The lowest BCUT2D eigenvalue weighted by Crippen LogP contribution is -2.28. The molecule has 6 nitrogen and oxygen atoms in total. The first-order valence-corrected chi connectivity index (χ1v) is 9.34. The number of carbonyl (C=O) groups is 1. The lowest BCUT2D eigenvalue weighted by Gasteiger charge is -2.17. The van der Waals surface area contributed by atoms with Gasteiger partial charge in [-0.2, -0.15) is 0 Å². The normalized spacial score (nSPS) is 17.9. The van der Waals surface area contributed by atoms with Gasteiger partial charge in [0.25, 0.3) is 0 Å². The fraction of sp³-hybridized carbons (Fsp3) is 0.350. The highest BCUT2D eigenvalue weighted by Gasteiger charge is 2.22. The first kappa shape index (κ1) is 19.3. The molecule has 1 fully saturated rings. The number of rotatable bonds is 7. The number of hydrogen-bond acceptors (Lipinski definition) is 5. The summed E-state index contributed by atoms with van der Waals surface area (Å²) in [5.41, 5.74) is 2.07. The molecule has 27 heavy (non-hydrogen) atoms. The summed E-state index contributed by atoms with van der Waals surface area (Å²) in [5.74, 6) is -0.242. The maximum Gasteiger partial charge on any atom is 0.331 e. The van der Waals surface area contributed by atoms with E-state index in [0.717, 1.165) is 37.5 Å². The van der Waals surface area contributed by atoms with Gasteiger partial charge in [0.05, 0.1) is 18.1 Å². The van der Waals surface area contributed by atoms with Crippen LogP contribution in [-0.2, 0) is 11.2 Å². The Morgan fingerprint density at radius 1 is 1.33 bits per heavy atom. The number of aliphatic carboxylic acids is 1. The Bertz CT molecular complexity index is 806. The average molecular weight is 387 g/mol. The van der Waals surface area contributed by atoms with Crippen LogP contribution in [0, 0.1) is 0 Å². The monoisotopic (exact) mass is 386 g/mol. The molecule has 0 spiro atoms. The molecule has 1 aliphatic heterocycles. The molecular weight excluding hydrogens is 364 g/mol. The van der Waals surface area contributed by atoms with Gasteiger partial charge in [0.15, 0.2) is 0 Å². The topological polar surface area (TPSA) is 78.4 Å². The van der Waals surface area contributed by atoms with E-state index in [-0.39, 0.29) is 5.57 Å². The van der Waals surface area contributed by atoms with Gasteiger partial charge in [-0.3, -0.25) is 4.98 Å². The number of benzene rings is 1. The zero-order valence-corrected chi connectivity index (χ0v) is 16.0. The van der Waals surface area contributed by atoms with Crippen molar-refractivity contribution >= 4 is 29.5 Å². The molecule has 0 saturated carbocycles. The van der Waals surface area contributed by atoms with Crippen LogP contribution >= 0.6 is 11.6 Å². The molecule has 0 aliphatic carbocycles. The van der Waals surface area contributed by atoms with Gasteiger partial charge in [0.2, 0.25) is 0 Å². The Morgan fingerprint density at radius 3 is 2.78 bits per heavy atom. The van der Waals surface area contributed by atoms with Gasteiger partial charge in [-0.25, -0.2) is 9.78 Å². The van der Waals surface area contributed by atoms with E-state index in [4.69, 9.17) is 16.7 Å². The van der Waals surface area contributed by atoms with E-state index in [0.29, 0.717) is 17.6 Å². The second-order valence-corrected chi connectivity index (χ2v) is 7.20. The Kier molecular flexibility index (Phi) is 6.42. The van der Waals surface area contributed by atoms with E-state index in [1.165, 1.54) is 18.6 Å². The molecule has 0 unspecified atom stereocenters. The van der Waals surface area contributed by atoms with Crippen molar-refractivity contribution in [2.45, 2.75) is 25.8 Å². The third-order valence-electron chi connectivity index (χ3n) is 4.63. The number of hydrogen-bond donors (Lipinski definition) is 2. The van der Waals surface area contributed by atoms with Gasteiger partial charge in [0, 0.05) is 36.3 Å². The summed E-state index contributed by atoms with van der Waals surface area (Å²) in [6, 6.07) is 8.35. The van der Waals surface area contributed by atoms with Crippen LogP contribution < -0.4 is 5.32 Å². The molecule has 142 valence electrons. The highest BCUT2D eigenvalue weighted by Crippen LogP contribution is 2.16. The van der Waals surface area contributed by atoms with Crippen LogP contribution in [0.3, 0.4) is 0 Å². The molecule has 2 heterocycles. The van der Waals surface area contributed by atoms with Crippen LogP contribution in [0.15, 0.2) is 42.2 Å². The van der Waals surface area contributed by atoms with E-state index < -0.39 is 5.97 Å². The number of carboxylic acid groups (broad SMARTS) is 1. The first-order chi connectivity index (χ1) is 13.0. The molecule has 0 amide bonds. The molecule has 0 bridgehead atoms. The van der Waals surface area contributed by atoms with Crippen molar-refractivity contribution in [3.8, 4) is 0 Å². The summed E-state index contributed by atoms with van der Waals surface area (Å²) < 4.78 is 0. The van der Waals surface area contributed by atoms with Crippen LogP contribution in [0.1, 0.15) is 24.6 Å². The van der Waals surface area contributed by atoms with Crippen molar-refractivity contribution < 1.29 is 9.90 Å². The van der Waals surface area contributed by atoms with Crippen molar-refractivity contribution in [2.24, 2.45) is 0 Å². The summed E-state index contributed by atoms with van der Waals surface area (Å²) in [6.45, 7) is 4.57. The quantitative estimate of drug-likeness (QED) is 0.710. The van der Waals surface area contributed by atoms with Gasteiger partial charge in [-0.15, -0.1) is 0 Å². The molecule has 3 rings (SSSR count). The predicted molar refractivity (Wildman–Crippen MR) is 107 cm³/mol. The first-order valence-electron chi connectivity index (χ1n) is 8.96. The highest BCUT2D eigenvalue weighted by molar-refractivity contribution is 6.30. The van der Waals surface area contributed by atoms with Crippen molar-refractivity contribution in [2.75, 3.05) is 25.0 Å². The number of nitrogens with zero attached hydrogens (tertiary/aromatic N) is 3. The summed E-state index contributed by atoms with van der Waals surface area (Å²) in [6.07, 6.45) is 6.81. The largest absolute Gasteiger partial charge is 0.478 e. The van der Waals surface area contributed by atoms with E-state index in [1.54, 1.807) is 12.4 Å². The van der Waals surface area contributed by atoms with Gasteiger partial charge < -0.3 is 15.3 Å². The maximum atomic E-state index is 10.9. The average Bonchev–Trinajstić information content (AvgIpc) is 3.10. The molecule has 1 saturated heterocycles. The molecule has 1 atom stereocenters.